The van der Waals surface area contributed by atoms with E-state index >= 15 is 0 Å². The van der Waals surface area contributed by atoms with Crippen LogP contribution in [0.15, 0.2) is 6.07 Å². The van der Waals surface area contributed by atoms with Crippen LogP contribution in [0, 0.1) is 11.6 Å². The molecule has 0 aromatic heterocycles. The molecule has 4 N–H and O–H groups in total. The van der Waals surface area contributed by atoms with Crippen molar-refractivity contribution in [3.8, 4) is 11.5 Å². The summed E-state index contributed by atoms with van der Waals surface area (Å²) < 4.78 is 27.8. The van der Waals surface area contributed by atoms with Crippen molar-refractivity contribution >= 4 is 34.5 Å². The molecule has 0 aliphatic heterocycles. The van der Waals surface area contributed by atoms with E-state index in [0.29, 0.717) is 0 Å². The van der Waals surface area contributed by atoms with Crippen molar-refractivity contribution in [2.24, 2.45) is 0 Å². The Morgan fingerprint density at radius 1 is 0.784 bits per heavy atom. The minimum absolute atomic E-state index is 0.0417. The summed E-state index contributed by atoms with van der Waals surface area (Å²) in [7, 11) is 9.31. The molecule has 37 heavy (non-hydrogen) atoms. The Balaban J connectivity index is 2.33. The number of hydrogen-bond acceptors (Lipinski definition) is 8. The van der Waals surface area contributed by atoms with E-state index in [9.17, 15) is 39.0 Å². The molecule has 202 valence electrons. The van der Waals surface area contributed by atoms with Gasteiger partial charge in [-0.3, -0.25) is 9.59 Å². The maximum absolute atomic E-state index is 14.3. The van der Waals surface area contributed by atoms with Crippen LogP contribution in [-0.4, -0.2) is 110 Å². The zero-order chi connectivity index (χ0) is 28.2. The number of nitrogens with zero attached hydrogens (tertiary/aromatic N) is 4. The first-order valence-corrected chi connectivity index (χ1v) is 11.7. The lowest BCUT2D eigenvalue weighted by Crippen LogP contribution is -2.43. The van der Waals surface area contributed by atoms with Gasteiger partial charge in [0.05, 0.1) is 79.9 Å². The number of hydrogen-bond donors (Lipinski definition) is 4. The molecule has 0 amide bonds. The van der Waals surface area contributed by atoms with Gasteiger partial charge in [-0.15, -0.1) is 0 Å². The van der Waals surface area contributed by atoms with Gasteiger partial charge in [-0.25, -0.2) is 10.4 Å². The number of carbonyl (C=O) groups is 2. The molecular formula is C24H31ClF2N4O6+2. The van der Waals surface area contributed by atoms with Crippen molar-refractivity contribution in [3.63, 3.8) is 0 Å². The number of ketones is 2. The minimum Gasteiger partial charge on any atom is -0.504 e. The van der Waals surface area contributed by atoms with Crippen LogP contribution in [0.5, 0.6) is 11.5 Å². The normalized spacial score (nSPS) is 13.5. The maximum atomic E-state index is 14.3. The molecule has 0 fully saturated rings. The highest BCUT2D eigenvalue weighted by Gasteiger charge is 2.43. The molecule has 1 aliphatic carbocycles. The third kappa shape index (κ3) is 5.34. The maximum Gasteiger partial charge on any atom is 0.205 e. The van der Waals surface area contributed by atoms with Gasteiger partial charge in [0.25, 0.3) is 0 Å². The van der Waals surface area contributed by atoms with E-state index < -0.39 is 55.1 Å². The third-order valence-electron chi connectivity index (χ3n) is 6.23. The van der Waals surface area contributed by atoms with E-state index in [0.717, 1.165) is 0 Å². The van der Waals surface area contributed by atoms with Crippen LogP contribution in [0.4, 0.5) is 20.2 Å². The predicted molar refractivity (Wildman–Crippen MR) is 132 cm³/mol. The fraction of sp³-hybridized carbons (Fsp3) is 0.417. The van der Waals surface area contributed by atoms with Crippen LogP contribution in [0.1, 0.15) is 31.8 Å². The van der Waals surface area contributed by atoms with Crippen LogP contribution < -0.4 is 9.80 Å². The molecule has 0 unspecified atom stereocenters. The molecule has 0 saturated heterocycles. The smallest absolute Gasteiger partial charge is 0.205 e. The molecule has 1 aliphatic rings. The number of carbonyl (C=O) groups excluding carboxylic acids is 2. The summed E-state index contributed by atoms with van der Waals surface area (Å²) in [4.78, 5) is 30.6. The molecule has 13 heteroatoms. The second-order valence-electron chi connectivity index (χ2n) is 10.2. The fourth-order valence-corrected chi connectivity index (χ4v) is 4.47. The van der Waals surface area contributed by atoms with E-state index in [4.69, 9.17) is 11.6 Å². The lowest BCUT2D eigenvalue weighted by molar-refractivity contribution is -1.07. The molecule has 0 heterocycles. The van der Waals surface area contributed by atoms with E-state index in [2.05, 4.69) is 0 Å². The number of likely N-dealkylation sites (N-methyl/N-ethyl adjacent to an activating group) is 4. The summed E-state index contributed by atoms with van der Waals surface area (Å²) in [5.41, 5.74) is -1.99. The number of halogens is 3. The zero-order valence-electron chi connectivity index (χ0n) is 21.4. The summed E-state index contributed by atoms with van der Waals surface area (Å²) in [5.74, 6) is -8.56. The monoisotopic (exact) mass is 544 g/mol. The summed E-state index contributed by atoms with van der Waals surface area (Å²) in [6.45, 7) is 0.765. The number of phenolic OH excluding ortho intramolecular Hbond substituents is 2. The molecule has 2 aromatic carbocycles. The van der Waals surface area contributed by atoms with Gasteiger partial charge in [0.2, 0.25) is 23.2 Å². The highest BCUT2D eigenvalue weighted by atomic mass is 35.5. The molecule has 0 spiro atoms. The number of hydroxylamine groups is 6. The largest absolute Gasteiger partial charge is 0.504 e. The van der Waals surface area contributed by atoms with Gasteiger partial charge in [-0.1, -0.05) is 11.6 Å². The van der Waals surface area contributed by atoms with Gasteiger partial charge in [-0.05, 0) is 6.07 Å². The Morgan fingerprint density at radius 2 is 1.19 bits per heavy atom. The van der Waals surface area contributed by atoms with Gasteiger partial charge in [0, 0.05) is 14.1 Å². The van der Waals surface area contributed by atoms with Crippen LogP contribution in [-0.2, 0) is 0 Å². The van der Waals surface area contributed by atoms with Crippen molar-refractivity contribution in [2.75, 3.05) is 78.3 Å². The van der Waals surface area contributed by atoms with Crippen LogP contribution in [0.25, 0.3) is 0 Å². The number of aromatic hydroxyl groups is 2. The van der Waals surface area contributed by atoms with Crippen molar-refractivity contribution in [1.29, 1.82) is 0 Å². The SMILES string of the molecule is CN(CC[N+](C)(C)O)c1cc(Cl)c(N(C)CC[N+](C)(C)O)c2c1C(=O)c1c(O)c(F)c(F)c(O)c1C2=O. The summed E-state index contributed by atoms with van der Waals surface area (Å²) >= 11 is 6.61. The number of rotatable bonds is 8. The van der Waals surface area contributed by atoms with Gasteiger partial charge < -0.3 is 20.0 Å². The van der Waals surface area contributed by atoms with Crippen molar-refractivity contribution < 1.29 is 48.3 Å². The van der Waals surface area contributed by atoms with Crippen molar-refractivity contribution in [1.82, 2.24) is 0 Å². The van der Waals surface area contributed by atoms with Gasteiger partial charge in [-0.2, -0.15) is 18.1 Å². The van der Waals surface area contributed by atoms with Gasteiger partial charge >= 0.3 is 0 Å². The Morgan fingerprint density at radius 3 is 1.62 bits per heavy atom. The standard InChI is InChI=1S/C24H29ClF2N4O6/c1-28(7-9-30(3,4)36)13-11-12(25)20(29(2)8-10-31(5,6)37)15-14(13)21(32)16-17(22(15)33)24(35)19(27)18(26)23(16)34/h11,36-37H,7-10H2,1-6H3/p+2. The molecule has 0 bridgehead atoms. The van der Waals surface area contributed by atoms with Gasteiger partial charge in [0.1, 0.15) is 13.1 Å². The molecule has 0 saturated carbocycles. The van der Waals surface area contributed by atoms with E-state index in [1.165, 1.54) is 25.1 Å². The first-order chi connectivity index (χ1) is 16.9. The van der Waals surface area contributed by atoms with Gasteiger partial charge in [0.15, 0.2) is 11.5 Å². The molecular weight excluding hydrogens is 514 g/mol. The highest BCUT2D eigenvalue weighted by molar-refractivity contribution is 6.39. The van der Waals surface area contributed by atoms with Crippen LogP contribution >= 0.6 is 11.6 Å². The second-order valence-corrected chi connectivity index (χ2v) is 10.6. The van der Waals surface area contributed by atoms with Crippen LogP contribution in [0.2, 0.25) is 5.02 Å². The molecule has 0 atom stereocenters. The number of anilines is 2. The number of fused-ring (bicyclic) bond motifs is 2. The third-order valence-corrected chi connectivity index (χ3v) is 6.52. The van der Waals surface area contributed by atoms with Crippen molar-refractivity contribution in [2.45, 2.75) is 0 Å². The Hall–Kier alpha value is -3.03. The lowest BCUT2D eigenvalue weighted by Gasteiger charge is -2.33. The quantitative estimate of drug-likeness (QED) is 0.194. The highest BCUT2D eigenvalue weighted by Crippen LogP contribution is 2.48. The van der Waals surface area contributed by atoms with E-state index in [-0.39, 0.29) is 53.7 Å². The number of phenols is 2. The number of benzene rings is 2. The summed E-state index contributed by atoms with van der Waals surface area (Å²) in [6, 6.07) is 1.43. The number of quaternary nitrogens is 2. The summed E-state index contributed by atoms with van der Waals surface area (Å²) in [5, 5.41) is 40.8. The molecule has 2 aromatic rings. The molecule has 10 nitrogen and oxygen atoms in total. The Labute approximate surface area is 217 Å². The zero-order valence-corrected chi connectivity index (χ0v) is 22.2. The molecule has 3 rings (SSSR count). The first kappa shape index (κ1) is 28.5. The average molecular weight is 545 g/mol. The topological polar surface area (TPSA) is 122 Å². The predicted octanol–water partition coefficient (Wildman–Crippen LogP) is 2.61. The Bertz CT molecular complexity index is 1290. The van der Waals surface area contributed by atoms with Crippen molar-refractivity contribution in [3.05, 3.63) is 45.0 Å². The first-order valence-electron chi connectivity index (χ1n) is 11.3. The summed E-state index contributed by atoms with van der Waals surface area (Å²) in [6.07, 6.45) is 0. The van der Waals surface area contributed by atoms with E-state index in [1.807, 2.05) is 0 Å². The average Bonchev–Trinajstić information content (AvgIpc) is 2.78. The van der Waals surface area contributed by atoms with Crippen LogP contribution in [0.3, 0.4) is 0 Å². The molecule has 0 radical (unpaired) electrons. The van der Waals surface area contributed by atoms with E-state index in [1.54, 1.807) is 33.1 Å². The minimum atomic E-state index is -1.86. The second kappa shape index (κ2) is 9.69. The fourth-order valence-electron chi connectivity index (χ4n) is 4.13. The Kier molecular flexibility index (Phi) is 7.47. The lowest BCUT2D eigenvalue weighted by atomic mass is 9.80.